The zero-order chi connectivity index (χ0) is 15.6. The number of aromatic hydroxyl groups is 1. The summed E-state index contributed by atoms with van der Waals surface area (Å²) in [5, 5.41) is 17.7. The fourth-order valence-corrected chi connectivity index (χ4v) is 2.71. The molecular weight excluding hydrogens is 296 g/mol. The standard InChI is InChI=1S/C13H12N2O5S/c1-15(10-3-5-11(16)6-4-10)21(19,20)12-7-2-9(8-14-12)13(17)18/h2-8,16H,1H3,(H,17,18). The molecule has 8 heteroatoms. The number of pyridine rings is 1. The van der Waals surface area contributed by atoms with Crippen LogP contribution in [0.5, 0.6) is 5.75 Å². The predicted molar refractivity (Wildman–Crippen MR) is 74.9 cm³/mol. The lowest BCUT2D eigenvalue weighted by atomic mass is 10.3. The number of benzene rings is 1. The summed E-state index contributed by atoms with van der Waals surface area (Å²) in [6.45, 7) is 0. The Bertz CT molecular complexity index is 754. The number of anilines is 1. The summed E-state index contributed by atoms with van der Waals surface area (Å²) in [5.74, 6) is -1.16. The minimum atomic E-state index is -3.90. The number of hydrogen-bond acceptors (Lipinski definition) is 5. The highest BCUT2D eigenvalue weighted by Crippen LogP contribution is 2.22. The number of phenols is 1. The van der Waals surface area contributed by atoms with Crippen molar-refractivity contribution < 1.29 is 23.4 Å². The fourth-order valence-electron chi connectivity index (χ4n) is 1.60. The zero-order valence-corrected chi connectivity index (χ0v) is 11.8. The molecule has 0 aliphatic rings. The number of rotatable bonds is 4. The third-order valence-corrected chi connectivity index (χ3v) is 4.52. The molecule has 0 spiro atoms. The van der Waals surface area contributed by atoms with Crippen molar-refractivity contribution in [2.24, 2.45) is 0 Å². The van der Waals surface area contributed by atoms with Gasteiger partial charge in [0.05, 0.1) is 11.3 Å². The Morgan fingerprint density at radius 3 is 2.24 bits per heavy atom. The van der Waals surface area contributed by atoms with Gasteiger partial charge in [0, 0.05) is 13.2 Å². The van der Waals surface area contributed by atoms with Crippen molar-refractivity contribution in [2.45, 2.75) is 5.03 Å². The Kier molecular flexibility index (Phi) is 3.81. The minimum Gasteiger partial charge on any atom is -0.508 e. The molecule has 0 atom stereocenters. The van der Waals surface area contributed by atoms with Crippen LogP contribution in [-0.2, 0) is 10.0 Å². The second-order valence-electron chi connectivity index (χ2n) is 4.18. The number of carboxylic acid groups (broad SMARTS) is 1. The van der Waals surface area contributed by atoms with Gasteiger partial charge in [0.15, 0.2) is 5.03 Å². The minimum absolute atomic E-state index is 0.0217. The molecule has 0 bridgehead atoms. The summed E-state index contributed by atoms with van der Waals surface area (Å²) in [5.41, 5.74) is 0.248. The average molecular weight is 308 g/mol. The molecule has 0 radical (unpaired) electrons. The zero-order valence-electron chi connectivity index (χ0n) is 11.0. The van der Waals surface area contributed by atoms with Crippen molar-refractivity contribution in [1.29, 1.82) is 0 Å². The summed E-state index contributed by atoms with van der Waals surface area (Å²) in [7, 11) is -2.56. The van der Waals surface area contributed by atoms with Gasteiger partial charge >= 0.3 is 5.97 Å². The summed E-state index contributed by atoms with van der Waals surface area (Å²) >= 11 is 0. The Labute approximate surface area is 121 Å². The van der Waals surface area contributed by atoms with Crippen molar-refractivity contribution in [1.82, 2.24) is 4.98 Å². The van der Waals surface area contributed by atoms with Gasteiger partial charge in [-0.2, -0.15) is 8.42 Å². The lowest BCUT2D eigenvalue weighted by Crippen LogP contribution is -2.27. The van der Waals surface area contributed by atoms with Gasteiger partial charge < -0.3 is 10.2 Å². The quantitative estimate of drug-likeness (QED) is 0.881. The molecule has 0 fully saturated rings. The number of carboxylic acids is 1. The van der Waals surface area contributed by atoms with Gasteiger partial charge in [0.1, 0.15) is 5.75 Å². The van der Waals surface area contributed by atoms with Gasteiger partial charge in [-0.25, -0.2) is 9.78 Å². The number of nitrogens with zero attached hydrogens (tertiary/aromatic N) is 2. The second-order valence-corrected chi connectivity index (χ2v) is 6.10. The third-order valence-electron chi connectivity index (χ3n) is 2.82. The fraction of sp³-hybridized carbons (Fsp3) is 0.0769. The average Bonchev–Trinajstić information content (AvgIpc) is 2.47. The first-order valence-corrected chi connectivity index (χ1v) is 7.23. The molecule has 7 nitrogen and oxygen atoms in total. The molecular formula is C13H12N2O5S. The molecule has 1 aromatic heterocycles. The van der Waals surface area contributed by atoms with E-state index in [1.165, 1.54) is 37.4 Å². The van der Waals surface area contributed by atoms with E-state index in [0.717, 1.165) is 16.6 Å². The Morgan fingerprint density at radius 1 is 1.14 bits per heavy atom. The summed E-state index contributed by atoms with van der Waals surface area (Å²) in [4.78, 5) is 14.4. The van der Waals surface area contributed by atoms with E-state index >= 15 is 0 Å². The van der Waals surface area contributed by atoms with Crippen LogP contribution in [0.4, 0.5) is 5.69 Å². The van der Waals surface area contributed by atoms with Crippen LogP contribution < -0.4 is 4.31 Å². The van der Waals surface area contributed by atoms with E-state index in [0.29, 0.717) is 5.69 Å². The molecule has 21 heavy (non-hydrogen) atoms. The van der Waals surface area contributed by atoms with E-state index in [1.54, 1.807) is 0 Å². The first-order valence-electron chi connectivity index (χ1n) is 5.79. The Morgan fingerprint density at radius 2 is 1.76 bits per heavy atom. The summed E-state index contributed by atoms with van der Waals surface area (Å²) < 4.78 is 25.7. The third kappa shape index (κ3) is 2.95. The highest BCUT2D eigenvalue weighted by molar-refractivity contribution is 7.92. The first kappa shape index (κ1) is 14.8. The maximum Gasteiger partial charge on any atom is 0.337 e. The molecule has 1 aromatic carbocycles. The number of aromatic nitrogens is 1. The number of hydrogen-bond donors (Lipinski definition) is 2. The monoisotopic (exact) mass is 308 g/mol. The molecule has 1 heterocycles. The van der Waals surface area contributed by atoms with E-state index in [2.05, 4.69) is 4.98 Å². The summed E-state index contributed by atoms with van der Waals surface area (Å²) in [6.07, 6.45) is 0.986. The molecule has 0 aliphatic carbocycles. The van der Waals surface area contributed by atoms with Crippen LogP contribution >= 0.6 is 0 Å². The van der Waals surface area contributed by atoms with Crippen molar-refractivity contribution in [2.75, 3.05) is 11.4 Å². The van der Waals surface area contributed by atoms with E-state index < -0.39 is 16.0 Å². The van der Waals surface area contributed by atoms with Crippen molar-refractivity contribution in [3.63, 3.8) is 0 Å². The second kappa shape index (κ2) is 5.41. The molecule has 0 amide bonds. The first-order chi connectivity index (χ1) is 9.82. The molecule has 0 saturated heterocycles. The van der Waals surface area contributed by atoms with Crippen molar-refractivity contribution >= 4 is 21.7 Å². The number of aromatic carboxylic acids is 1. The van der Waals surface area contributed by atoms with Gasteiger partial charge in [-0.3, -0.25) is 4.31 Å². The van der Waals surface area contributed by atoms with Crippen LogP contribution in [-0.4, -0.2) is 36.6 Å². The smallest absolute Gasteiger partial charge is 0.337 e. The van der Waals surface area contributed by atoms with Crippen LogP contribution in [0.1, 0.15) is 10.4 Å². The number of sulfonamides is 1. The molecule has 0 saturated carbocycles. The topological polar surface area (TPSA) is 108 Å². The SMILES string of the molecule is CN(c1ccc(O)cc1)S(=O)(=O)c1ccc(C(=O)O)cn1. The van der Waals surface area contributed by atoms with E-state index in [9.17, 15) is 18.3 Å². The Balaban J connectivity index is 2.36. The molecule has 0 aliphatic heterocycles. The molecule has 2 aromatic rings. The Hall–Kier alpha value is -2.61. The van der Waals surface area contributed by atoms with Gasteiger partial charge in [-0.05, 0) is 36.4 Å². The van der Waals surface area contributed by atoms with Crippen LogP contribution in [0.15, 0.2) is 47.6 Å². The lowest BCUT2D eigenvalue weighted by Gasteiger charge is -2.18. The molecule has 0 unspecified atom stereocenters. The van der Waals surface area contributed by atoms with E-state index in [4.69, 9.17) is 5.11 Å². The van der Waals surface area contributed by atoms with Crippen LogP contribution in [0.3, 0.4) is 0 Å². The van der Waals surface area contributed by atoms with Gasteiger partial charge in [0.25, 0.3) is 10.0 Å². The lowest BCUT2D eigenvalue weighted by molar-refractivity contribution is 0.0696. The van der Waals surface area contributed by atoms with Gasteiger partial charge in [0.2, 0.25) is 0 Å². The predicted octanol–water partition coefficient (Wildman–Crippen LogP) is 1.31. The van der Waals surface area contributed by atoms with Crippen LogP contribution in [0.2, 0.25) is 0 Å². The normalized spacial score (nSPS) is 11.1. The highest BCUT2D eigenvalue weighted by atomic mass is 32.2. The maximum absolute atomic E-state index is 12.4. The van der Waals surface area contributed by atoms with E-state index in [-0.39, 0.29) is 16.3 Å². The van der Waals surface area contributed by atoms with Crippen molar-refractivity contribution in [3.8, 4) is 5.75 Å². The molecule has 2 N–H and O–H groups in total. The maximum atomic E-state index is 12.4. The van der Waals surface area contributed by atoms with Crippen molar-refractivity contribution in [3.05, 3.63) is 48.2 Å². The largest absolute Gasteiger partial charge is 0.508 e. The molecule has 110 valence electrons. The molecule has 2 rings (SSSR count). The van der Waals surface area contributed by atoms with Gasteiger partial charge in [-0.15, -0.1) is 0 Å². The number of carbonyl (C=O) groups is 1. The van der Waals surface area contributed by atoms with Crippen LogP contribution in [0.25, 0.3) is 0 Å². The van der Waals surface area contributed by atoms with Gasteiger partial charge in [-0.1, -0.05) is 0 Å². The highest BCUT2D eigenvalue weighted by Gasteiger charge is 2.23. The van der Waals surface area contributed by atoms with E-state index in [1.807, 2.05) is 0 Å². The summed E-state index contributed by atoms with van der Waals surface area (Å²) in [6, 6.07) is 7.92. The number of phenolic OH excluding ortho intramolecular Hbond substituents is 1. The van der Waals surface area contributed by atoms with Crippen LogP contribution in [0, 0.1) is 0 Å².